The van der Waals surface area contributed by atoms with Gasteiger partial charge in [0.05, 0.1) is 19.2 Å². The van der Waals surface area contributed by atoms with E-state index in [1.165, 1.54) is 28.0 Å². The van der Waals surface area contributed by atoms with Crippen molar-refractivity contribution in [2.45, 2.75) is 32.0 Å². The molecule has 0 bridgehead atoms. The highest BCUT2D eigenvalue weighted by atomic mass is 19.1. The summed E-state index contributed by atoms with van der Waals surface area (Å²) >= 11 is 0. The SMILES string of the molecule is O=c1[nH]c(=O)n(Cc2ccccc2)c2nc(-c3ccc(-n4cncn4)c(F)c3)n(C[C@@H]3CCCO3)c12. The van der Waals surface area contributed by atoms with Gasteiger partial charge in [0.15, 0.2) is 11.2 Å². The first kappa shape index (κ1) is 22.1. The molecule has 0 aliphatic carbocycles. The van der Waals surface area contributed by atoms with Crippen molar-refractivity contribution in [3.63, 3.8) is 0 Å². The molecule has 1 saturated heterocycles. The Morgan fingerprint density at radius 3 is 2.69 bits per heavy atom. The lowest BCUT2D eigenvalue weighted by molar-refractivity contribution is 0.0982. The Morgan fingerprint density at radius 2 is 1.97 bits per heavy atom. The summed E-state index contributed by atoms with van der Waals surface area (Å²) in [6.07, 6.45) is 4.37. The van der Waals surface area contributed by atoms with Gasteiger partial charge < -0.3 is 9.30 Å². The van der Waals surface area contributed by atoms with Crippen LogP contribution in [-0.4, -0.2) is 46.6 Å². The molecule has 0 saturated carbocycles. The Morgan fingerprint density at radius 1 is 1.11 bits per heavy atom. The van der Waals surface area contributed by atoms with Gasteiger partial charge in [-0.25, -0.2) is 23.8 Å². The Balaban J connectivity index is 1.54. The van der Waals surface area contributed by atoms with Crippen LogP contribution in [0.15, 0.2) is 70.8 Å². The van der Waals surface area contributed by atoms with E-state index in [1.54, 1.807) is 16.7 Å². The maximum Gasteiger partial charge on any atom is 0.330 e. The van der Waals surface area contributed by atoms with Crippen molar-refractivity contribution in [3.8, 4) is 17.1 Å². The number of aromatic nitrogens is 7. The molecule has 0 unspecified atom stereocenters. The Kier molecular flexibility index (Phi) is 5.53. The van der Waals surface area contributed by atoms with Gasteiger partial charge in [-0.2, -0.15) is 5.10 Å². The van der Waals surface area contributed by atoms with E-state index in [-0.39, 0.29) is 29.5 Å². The average Bonchev–Trinajstić information content (AvgIpc) is 3.65. The van der Waals surface area contributed by atoms with Crippen LogP contribution in [0, 0.1) is 5.82 Å². The number of ether oxygens (including phenoxy) is 1. The second kappa shape index (κ2) is 9.00. The summed E-state index contributed by atoms with van der Waals surface area (Å²) in [5.41, 5.74) is 0.957. The van der Waals surface area contributed by atoms with Crippen LogP contribution in [0.5, 0.6) is 0 Å². The summed E-state index contributed by atoms with van der Waals surface area (Å²) in [6.45, 7) is 1.22. The number of H-pyrrole nitrogens is 1. The van der Waals surface area contributed by atoms with Gasteiger partial charge in [0.2, 0.25) is 0 Å². The molecule has 0 amide bonds. The summed E-state index contributed by atoms with van der Waals surface area (Å²) in [5, 5.41) is 3.99. The summed E-state index contributed by atoms with van der Waals surface area (Å²) in [5.74, 6) is -0.147. The number of aromatic amines is 1. The number of halogens is 1. The van der Waals surface area contributed by atoms with Gasteiger partial charge in [-0.3, -0.25) is 14.3 Å². The van der Waals surface area contributed by atoms with Crippen molar-refractivity contribution < 1.29 is 9.13 Å². The van der Waals surface area contributed by atoms with Gasteiger partial charge in [0.1, 0.15) is 30.0 Å². The lowest BCUT2D eigenvalue weighted by Crippen LogP contribution is -2.32. The van der Waals surface area contributed by atoms with E-state index in [0.717, 1.165) is 18.4 Å². The van der Waals surface area contributed by atoms with Crippen LogP contribution in [0.4, 0.5) is 4.39 Å². The van der Waals surface area contributed by atoms with Crippen molar-refractivity contribution >= 4 is 11.2 Å². The second-order valence-corrected chi connectivity index (χ2v) is 8.69. The molecule has 0 radical (unpaired) electrons. The molecule has 1 fully saturated rings. The number of nitrogens with one attached hydrogen (secondary N) is 1. The molecule has 2 aromatic carbocycles. The van der Waals surface area contributed by atoms with Gasteiger partial charge in [-0.05, 0) is 36.6 Å². The highest BCUT2D eigenvalue weighted by molar-refractivity contribution is 5.77. The number of hydrogen-bond donors (Lipinski definition) is 1. The molecule has 1 atom stereocenters. The molecular formula is C25H22FN7O3. The number of nitrogens with zero attached hydrogens (tertiary/aromatic N) is 6. The van der Waals surface area contributed by atoms with Gasteiger partial charge in [-0.15, -0.1) is 0 Å². The van der Waals surface area contributed by atoms with Crippen LogP contribution in [0.1, 0.15) is 18.4 Å². The molecule has 1 aliphatic rings. The lowest BCUT2D eigenvalue weighted by Gasteiger charge is -2.14. The van der Waals surface area contributed by atoms with E-state index >= 15 is 4.39 Å². The lowest BCUT2D eigenvalue weighted by atomic mass is 10.1. The Hall–Kier alpha value is -4.38. The fraction of sp³-hybridized carbons (Fsp3) is 0.240. The first-order valence-corrected chi connectivity index (χ1v) is 11.6. The van der Waals surface area contributed by atoms with Crippen molar-refractivity contribution in [2.24, 2.45) is 0 Å². The molecule has 11 heteroatoms. The maximum absolute atomic E-state index is 15.1. The Labute approximate surface area is 203 Å². The molecule has 1 aliphatic heterocycles. The topological polar surface area (TPSA) is 113 Å². The average molecular weight is 487 g/mol. The molecule has 182 valence electrons. The standard InChI is InChI=1S/C25H22FN7O3/c26-19-11-17(8-9-20(19)33-15-27-14-28-33)22-29-23-21(31(22)13-18-7-4-10-36-18)24(34)30-25(35)32(23)12-16-5-2-1-3-6-16/h1-3,5-6,8-9,11,14-15,18H,4,7,10,12-13H2,(H,30,34,35)/t18-/m0/s1. The fourth-order valence-electron chi connectivity index (χ4n) is 4.64. The zero-order valence-corrected chi connectivity index (χ0v) is 19.2. The van der Waals surface area contributed by atoms with E-state index in [2.05, 4.69) is 15.1 Å². The normalized spacial score (nSPS) is 15.6. The first-order valence-electron chi connectivity index (χ1n) is 11.6. The van der Waals surface area contributed by atoms with E-state index in [0.29, 0.717) is 24.5 Å². The minimum Gasteiger partial charge on any atom is -0.376 e. The summed E-state index contributed by atoms with van der Waals surface area (Å²) < 4.78 is 25.4. The molecule has 36 heavy (non-hydrogen) atoms. The van der Waals surface area contributed by atoms with Crippen LogP contribution in [0.2, 0.25) is 0 Å². The van der Waals surface area contributed by atoms with Crippen LogP contribution < -0.4 is 11.2 Å². The molecule has 6 rings (SSSR count). The molecule has 1 N–H and O–H groups in total. The van der Waals surface area contributed by atoms with E-state index < -0.39 is 17.1 Å². The zero-order chi connectivity index (χ0) is 24.6. The highest BCUT2D eigenvalue weighted by Gasteiger charge is 2.25. The molecular weight excluding hydrogens is 465 g/mol. The molecule has 3 aromatic heterocycles. The third-order valence-corrected chi connectivity index (χ3v) is 6.35. The smallest absolute Gasteiger partial charge is 0.330 e. The third-order valence-electron chi connectivity index (χ3n) is 6.35. The number of hydrogen-bond acceptors (Lipinski definition) is 6. The molecule has 5 aromatic rings. The highest BCUT2D eigenvalue weighted by Crippen LogP contribution is 2.27. The quantitative estimate of drug-likeness (QED) is 0.394. The van der Waals surface area contributed by atoms with Crippen molar-refractivity contribution in [1.82, 2.24) is 33.9 Å². The van der Waals surface area contributed by atoms with E-state index in [4.69, 9.17) is 9.72 Å². The molecule has 4 heterocycles. The van der Waals surface area contributed by atoms with Gasteiger partial charge in [0, 0.05) is 12.2 Å². The van der Waals surface area contributed by atoms with Crippen LogP contribution >= 0.6 is 0 Å². The molecule has 0 spiro atoms. The number of rotatable bonds is 6. The number of imidazole rings is 1. The van der Waals surface area contributed by atoms with Gasteiger partial charge >= 0.3 is 5.69 Å². The van der Waals surface area contributed by atoms with Gasteiger partial charge in [0.25, 0.3) is 5.56 Å². The Bertz CT molecular complexity index is 1650. The summed E-state index contributed by atoms with van der Waals surface area (Å²) in [6, 6.07) is 14.1. The van der Waals surface area contributed by atoms with Crippen LogP contribution in [0.3, 0.4) is 0 Å². The van der Waals surface area contributed by atoms with E-state index in [9.17, 15) is 9.59 Å². The largest absolute Gasteiger partial charge is 0.376 e. The minimum absolute atomic E-state index is 0.116. The zero-order valence-electron chi connectivity index (χ0n) is 19.2. The van der Waals surface area contributed by atoms with Crippen molar-refractivity contribution in [2.75, 3.05) is 6.61 Å². The number of fused-ring (bicyclic) bond motifs is 1. The summed E-state index contributed by atoms with van der Waals surface area (Å²) in [7, 11) is 0. The predicted octanol–water partition coefficient (Wildman–Crippen LogP) is 2.50. The van der Waals surface area contributed by atoms with Crippen LogP contribution in [0.25, 0.3) is 28.2 Å². The first-order chi connectivity index (χ1) is 17.6. The predicted molar refractivity (Wildman–Crippen MR) is 129 cm³/mol. The number of benzene rings is 2. The second-order valence-electron chi connectivity index (χ2n) is 8.69. The minimum atomic E-state index is -0.558. The van der Waals surface area contributed by atoms with Gasteiger partial charge in [-0.1, -0.05) is 30.3 Å². The fourth-order valence-corrected chi connectivity index (χ4v) is 4.64. The van der Waals surface area contributed by atoms with E-state index in [1.807, 2.05) is 30.3 Å². The van der Waals surface area contributed by atoms with Crippen molar-refractivity contribution in [1.29, 1.82) is 0 Å². The third kappa shape index (κ3) is 3.93. The maximum atomic E-state index is 15.1. The summed E-state index contributed by atoms with van der Waals surface area (Å²) in [4.78, 5) is 36.9. The van der Waals surface area contributed by atoms with Crippen molar-refractivity contribution in [3.05, 3.63) is 93.4 Å². The van der Waals surface area contributed by atoms with Crippen LogP contribution in [-0.2, 0) is 17.8 Å². The monoisotopic (exact) mass is 487 g/mol. The molecule has 10 nitrogen and oxygen atoms in total.